The van der Waals surface area contributed by atoms with Gasteiger partial charge in [0.25, 0.3) is 0 Å². The van der Waals surface area contributed by atoms with Crippen LogP contribution < -0.4 is 9.64 Å². The Labute approximate surface area is 179 Å². The number of rotatable bonds is 6. The Morgan fingerprint density at radius 1 is 0.967 bits per heavy atom. The van der Waals surface area contributed by atoms with Crippen molar-refractivity contribution < 1.29 is 9.13 Å². The Morgan fingerprint density at radius 2 is 1.70 bits per heavy atom. The SMILES string of the molecule is COc1ccc(N2CCN([C@H]3CCCN(C/C=C/c4ccc(F)cc4)C3)CC2)cc1. The van der Waals surface area contributed by atoms with E-state index in [4.69, 9.17) is 4.74 Å². The summed E-state index contributed by atoms with van der Waals surface area (Å²) in [6.45, 7) is 7.65. The average Bonchev–Trinajstić information content (AvgIpc) is 2.81. The van der Waals surface area contributed by atoms with Crippen molar-refractivity contribution in [3.8, 4) is 5.75 Å². The molecule has 1 atom stereocenters. The third-order valence-electron chi connectivity index (χ3n) is 6.29. The van der Waals surface area contributed by atoms with Crippen molar-refractivity contribution in [2.75, 3.05) is 57.8 Å². The van der Waals surface area contributed by atoms with Crippen molar-refractivity contribution in [1.82, 2.24) is 9.80 Å². The van der Waals surface area contributed by atoms with E-state index >= 15 is 0 Å². The molecule has 0 aromatic heterocycles. The molecule has 160 valence electrons. The van der Waals surface area contributed by atoms with Gasteiger partial charge in [0.1, 0.15) is 11.6 Å². The van der Waals surface area contributed by atoms with Crippen molar-refractivity contribution in [1.29, 1.82) is 0 Å². The van der Waals surface area contributed by atoms with Gasteiger partial charge in [-0.3, -0.25) is 9.80 Å². The second-order valence-electron chi connectivity index (χ2n) is 8.23. The Morgan fingerprint density at radius 3 is 2.40 bits per heavy atom. The van der Waals surface area contributed by atoms with Crippen LogP contribution in [-0.2, 0) is 0 Å². The van der Waals surface area contributed by atoms with E-state index in [0.29, 0.717) is 6.04 Å². The molecule has 2 aromatic rings. The first-order valence-corrected chi connectivity index (χ1v) is 11.0. The largest absolute Gasteiger partial charge is 0.497 e. The second kappa shape index (κ2) is 10.1. The summed E-state index contributed by atoms with van der Waals surface area (Å²) in [4.78, 5) is 7.70. The maximum absolute atomic E-state index is 13.0. The van der Waals surface area contributed by atoms with Crippen LogP contribution in [0.2, 0.25) is 0 Å². The number of methoxy groups -OCH3 is 1. The highest BCUT2D eigenvalue weighted by Crippen LogP contribution is 2.23. The molecule has 4 rings (SSSR count). The summed E-state index contributed by atoms with van der Waals surface area (Å²) in [6, 6.07) is 15.7. The Bertz CT molecular complexity index is 813. The maximum atomic E-state index is 13.0. The van der Waals surface area contributed by atoms with E-state index in [1.165, 1.54) is 30.7 Å². The molecule has 0 N–H and O–H groups in total. The predicted molar refractivity (Wildman–Crippen MR) is 122 cm³/mol. The van der Waals surface area contributed by atoms with Crippen LogP contribution in [0.1, 0.15) is 18.4 Å². The van der Waals surface area contributed by atoms with Crippen molar-refractivity contribution in [3.05, 3.63) is 66.0 Å². The molecule has 30 heavy (non-hydrogen) atoms. The van der Waals surface area contributed by atoms with Gasteiger partial charge in [-0.2, -0.15) is 0 Å². The normalized spacial score (nSPS) is 21.3. The number of piperazine rings is 1. The van der Waals surface area contributed by atoms with Crippen LogP contribution in [0.3, 0.4) is 0 Å². The topological polar surface area (TPSA) is 19.0 Å². The summed E-state index contributed by atoms with van der Waals surface area (Å²) < 4.78 is 18.3. The van der Waals surface area contributed by atoms with E-state index in [2.05, 4.69) is 39.0 Å². The zero-order valence-corrected chi connectivity index (χ0v) is 17.8. The monoisotopic (exact) mass is 409 g/mol. The van der Waals surface area contributed by atoms with E-state index in [1.807, 2.05) is 24.3 Å². The molecular weight excluding hydrogens is 377 g/mol. The van der Waals surface area contributed by atoms with Crippen LogP contribution in [0.4, 0.5) is 10.1 Å². The third kappa shape index (κ3) is 5.41. The summed E-state index contributed by atoms with van der Waals surface area (Å²) >= 11 is 0. The first-order chi connectivity index (χ1) is 14.7. The van der Waals surface area contributed by atoms with E-state index in [1.54, 1.807) is 7.11 Å². The van der Waals surface area contributed by atoms with Gasteiger partial charge in [0.2, 0.25) is 0 Å². The standard InChI is InChI=1S/C25H32FN3O/c1-30-25-12-10-23(11-13-25)28-16-18-29(19-17-28)24-5-3-15-27(20-24)14-2-4-21-6-8-22(26)9-7-21/h2,4,6-13,24H,3,5,14-20H2,1H3/b4-2+/t24-/m0/s1. The number of hydrogen-bond donors (Lipinski definition) is 0. The molecule has 2 aliphatic heterocycles. The zero-order chi connectivity index (χ0) is 20.8. The number of halogens is 1. The Hall–Kier alpha value is -2.37. The minimum absolute atomic E-state index is 0.182. The first kappa shape index (κ1) is 20.9. The molecule has 0 unspecified atom stereocenters. The van der Waals surface area contributed by atoms with Crippen LogP contribution in [0.25, 0.3) is 6.08 Å². The van der Waals surface area contributed by atoms with Gasteiger partial charge in [-0.05, 0) is 61.3 Å². The van der Waals surface area contributed by atoms with Crippen LogP contribution >= 0.6 is 0 Å². The number of piperidine rings is 1. The van der Waals surface area contributed by atoms with Crippen LogP contribution in [0.5, 0.6) is 5.75 Å². The van der Waals surface area contributed by atoms with Crippen molar-refractivity contribution >= 4 is 11.8 Å². The van der Waals surface area contributed by atoms with Gasteiger partial charge in [-0.15, -0.1) is 0 Å². The van der Waals surface area contributed by atoms with E-state index in [0.717, 1.165) is 57.1 Å². The van der Waals surface area contributed by atoms with E-state index < -0.39 is 0 Å². The lowest BCUT2D eigenvalue weighted by Gasteiger charge is -2.43. The summed E-state index contributed by atoms with van der Waals surface area (Å²) in [5.74, 6) is 0.728. The molecular formula is C25H32FN3O. The smallest absolute Gasteiger partial charge is 0.123 e. The summed E-state index contributed by atoms with van der Waals surface area (Å²) in [6.07, 6.45) is 6.85. The fourth-order valence-electron chi connectivity index (χ4n) is 4.55. The lowest BCUT2D eigenvalue weighted by Crippen LogP contribution is -2.55. The molecule has 0 amide bonds. The minimum Gasteiger partial charge on any atom is -0.497 e. The van der Waals surface area contributed by atoms with Crippen molar-refractivity contribution in [3.63, 3.8) is 0 Å². The highest BCUT2D eigenvalue weighted by atomic mass is 19.1. The van der Waals surface area contributed by atoms with Crippen molar-refractivity contribution in [2.45, 2.75) is 18.9 Å². The van der Waals surface area contributed by atoms with Gasteiger partial charge in [0, 0.05) is 51.0 Å². The van der Waals surface area contributed by atoms with Gasteiger partial charge in [0.05, 0.1) is 7.11 Å². The highest BCUT2D eigenvalue weighted by Gasteiger charge is 2.27. The lowest BCUT2D eigenvalue weighted by atomic mass is 10.0. The quantitative estimate of drug-likeness (QED) is 0.714. The fraction of sp³-hybridized carbons (Fsp3) is 0.440. The van der Waals surface area contributed by atoms with Gasteiger partial charge < -0.3 is 9.64 Å². The molecule has 2 aliphatic rings. The van der Waals surface area contributed by atoms with Crippen molar-refractivity contribution in [2.24, 2.45) is 0 Å². The third-order valence-corrected chi connectivity index (χ3v) is 6.29. The number of likely N-dealkylation sites (tertiary alicyclic amines) is 1. The van der Waals surface area contributed by atoms with Gasteiger partial charge >= 0.3 is 0 Å². The Kier molecular flexibility index (Phi) is 7.03. The summed E-state index contributed by atoms with van der Waals surface area (Å²) in [7, 11) is 1.71. The first-order valence-electron chi connectivity index (χ1n) is 11.0. The number of nitrogens with zero attached hydrogens (tertiary/aromatic N) is 3. The highest BCUT2D eigenvalue weighted by molar-refractivity contribution is 5.50. The zero-order valence-electron chi connectivity index (χ0n) is 17.8. The number of anilines is 1. The molecule has 2 saturated heterocycles. The molecule has 2 heterocycles. The molecule has 0 spiro atoms. The maximum Gasteiger partial charge on any atom is 0.123 e. The molecule has 2 aromatic carbocycles. The average molecular weight is 410 g/mol. The van der Waals surface area contributed by atoms with Crippen LogP contribution in [0.15, 0.2) is 54.6 Å². The number of benzene rings is 2. The second-order valence-corrected chi connectivity index (χ2v) is 8.23. The van der Waals surface area contributed by atoms with E-state index in [-0.39, 0.29) is 5.82 Å². The van der Waals surface area contributed by atoms with Crippen LogP contribution in [-0.4, -0.2) is 68.8 Å². The predicted octanol–water partition coefficient (Wildman–Crippen LogP) is 4.13. The summed E-state index contributed by atoms with van der Waals surface area (Å²) in [5, 5.41) is 0. The molecule has 0 bridgehead atoms. The lowest BCUT2D eigenvalue weighted by molar-refractivity contribution is 0.0991. The van der Waals surface area contributed by atoms with Crippen LogP contribution in [0, 0.1) is 5.82 Å². The molecule has 2 fully saturated rings. The van der Waals surface area contributed by atoms with Gasteiger partial charge in [-0.25, -0.2) is 4.39 Å². The molecule has 0 saturated carbocycles. The Balaban J connectivity index is 1.25. The number of ether oxygens (including phenoxy) is 1. The summed E-state index contributed by atoms with van der Waals surface area (Å²) in [5.41, 5.74) is 2.34. The number of hydrogen-bond acceptors (Lipinski definition) is 4. The van der Waals surface area contributed by atoms with Gasteiger partial charge in [-0.1, -0.05) is 24.3 Å². The molecule has 5 heteroatoms. The van der Waals surface area contributed by atoms with E-state index in [9.17, 15) is 4.39 Å². The minimum atomic E-state index is -0.182. The van der Waals surface area contributed by atoms with Gasteiger partial charge in [0.15, 0.2) is 0 Å². The molecule has 0 radical (unpaired) electrons. The molecule has 4 nitrogen and oxygen atoms in total. The molecule has 0 aliphatic carbocycles. The fourth-order valence-corrected chi connectivity index (χ4v) is 4.55.